The standard InChI is InChI=1S/C39H59IN2O11/c1-35(2,3)31(45)49-20-24-26(50-32(46)36(4,5)6)27(51-33(47)37(7,8)9)29(52-30(24)53-34(48)38(10,11)12)42(21-43)25(28(44)41-39(13,14)15)22-17-16-18-23(40)19-22/h16-19,21,24-27,29-30H,20H2,1-15H3,(H,41,44)/t24-,25+,26-,27+,29-,30-/m1/s1. The van der Waals surface area contributed by atoms with Gasteiger partial charge in [-0.05, 0) is 144 Å². The van der Waals surface area contributed by atoms with Gasteiger partial charge in [-0.25, -0.2) is 0 Å². The number of nitrogens with zero attached hydrogens (tertiary/aromatic N) is 1. The smallest absolute Gasteiger partial charge is 0.313 e. The summed E-state index contributed by atoms with van der Waals surface area (Å²) < 4.78 is 31.2. The number of hydrogen-bond acceptors (Lipinski definition) is 11. The average Bonchev–Trinajstić information content (AvgIpc) is 2.97. The van der Waals surface area contributed by atoms with Crippen LogP contribution in [0.2, 0.25) is 0 Å². The van der Waals surface area contributed by atoms with E-state index in [4.69, 9.17) is 23.7 Å². The fourth-order valence-electron chi connectivity index (χ4n) is 4.80. The molecule has 1 aromatic rings. The van der Waals surface area contributed by atoms with Gasteiger partial charge >= 0.3 is 23.9 Å². The Morgan fingerprint density at radius 2 is 1.23 bits per heavy atom. The second-order valence-corrected chi connectivity index (χ2v) is 19.8. The number of benzene rings is 1. The van der Waals surface area contributed by atoms with Crippen LogP contribution < -0.4 is 5.32 Å². The Hall–Kier alpha value is -3.27. The summed E-state index contributed by atoms with van der Waals surface area (Å²) in [5.41, 5.74) is -4.54. The summed E-state index contributed by atoms with van der Waals surface area (Å²) in [6.07, 6.45) is -6.08. The lowest BCUT2D eigenvalue weighted by atomic mass is 9.89. The molecule has 1 aromatic carbocycles. The first-order valence-electron chi connectivity index (χ1n) is 17.6. The molecule has 0 saturated carbocycles. The second kappa shape index (κ2) is 17.0. The van der Waals surface area contributed by atoms with Gasteiger partial charge in [0.25, 0.3) is 0 Å². The highest BCUT2D eigenvalue weighted by Crippen LogP contribution is 2.39. The van der Waals surface area contributed by atoms with Crippen molar-refractivity contribution in [3.63, 3.8) is 0 Å². The molecule has 14 heteroatoms. The summed E-state index contributed by atoms with van der Waals surface area (Å²) >= 11 is 2.08. The van der Waals surface area contributed by atoms with Crippen LogP contribution in [0.25, 0.3) is 0 Å². The van der Waals surface area contributed by atoms with Crippen molar-refractivity contribution in [2.45, 2.75) is 140 Å². The predicted molar refractivity (Wildman–Crippen MR) is 204 cm³/mol. The molecular weight excluding hydrogens is 799 g/mol. The number of carbonyl (C=O) groups excluding carboxylic acids is 6. The maximum absolute atomic E-state index is 14.2. The fourth-order valence-corrected chi connectivity index (χ4v) is 5.36. The van der Waals surface area contributed by atoms with Crippen LogP contribution in [0.15, 0.2) is 24.3 Å². The van der Waals surface area contributed by atoms with E-state index in [0.717, 1.165) is 8.47 Å². The second-order valence-electron chi connectivity index (χ2n) is 18.6. The molecule has 53 heavy (non-hydrogen) atoms. The van der Waals surface area contributed by atoms with Crippen molar-refractivity contribution in [2.24, 2.45) is 27.6 Å². The van der Waals surface area contributed by atoms with Gasteiger partial charge in [0, 0.05) is 9.11 Å². The van der Waals surface area contributed by atoms with E-state index in [0.29, 0.717) is 12.0 Å². The highest BCUT2D eigenvalue weighted by atomic mass is 127. The van der Waals surface area contributed by atoms with E-state index >= 15 is 0 Å². The van der Waals surface area contributed by atoms with Crippen LogP contribution in [0.3, 0.4) is 0 Å². The number of ether oxygens (including phenoxy) is 5. The molecule has 0 spiro atoms. The maximum Gasteiger partial charge on any atom is 0.313 e. The van der Waals surface area contributed by atoms with Crippen LogP contribution in [0, 0.1) is 31.1 Å². The van der Waals surface area contributed by atoms with Gasteiger partial charge in [-0.1, -0.05) is 12.1 Å². The molecule has 0 aliphatic carbocycles. The van der Waals surface area contributed by atoms with Gasteiger partial charge < -0.3 is 29.0 Å². The zero-order chi connectivity index (χ0) is 41.1. The zero-order valence-electron chi connectivity index (χ0n) is 33.9. The number of hydrogen-bond donors (Lipinski definition) is 1. The number of esters is 4. The van der Waals surface area contributed by atoms with Crippen LogP contribution in [0.4, 0.5) is 0 Å². The van der Waals surface area contributed by atoms with Crippen molar-refractivity contribution < 1.29 is 52.5 Å². The zero-order valence-corrected chi connectivity index (χ0v) is 36.0. The SMILES string of the molecule is CC(C)(C)NC(=O)[C@H](c1cccc(I)c1)N(C=O)[C@@H]1O[C@H](OC(=O)C(C)(C)C)[C@H](COC(=O)C(C)(C)C)[C@@H](OC(=O)C(C)(C)C)[C@@H]1OC(=O)C(C)(C)C. The Balaban J connectivity index is 3.02. The molecule has 1 N–H and O–H groups in total. The largest absolute Gasteiger partial charge is 0.465 e. The lowest BCUT2D eigenvalue weighted by Crippen LogP contribution is -2.66. The van der Waals surface area contributed by atoms with Gasteiger partial charge in [0.1, 0.15) is 12.6 Å². The van der Waals surface area contributed by atoms with Crippen molar-refractivity contribution in [3.05, 3.63) is 33.4 Å². The predicted octanol–water partition coefficient (Wildman–Crippen LogP) is 6.10. The van der Waals surface area contributed by atoms with Gasteiger partial charge in [0.05, 0.1) is 27.6 Å². The molecule has 0 radical (unpaired) electrons. The Morgan fingerprint density at radius 1 is 0.755 bits per heavy atom. The summed E-state index contributed by atoms with van der Waals surface area (Å²) in [4.78, 5) is 82.7. The summed E-state index contributed by atoms with van der Waals surface area (Å²) in [5.74, 6) is -4.68. The molecule has 1 fully saturated rings. The van der Waals surface area contributed by atoms with E-state index in [1.807, 2.05) is 6.07 Å². The van der Waals surface area contributed by atoms with Crippen molar-refractivity contribution >= 4 is 58.8 Å². The molecule has 6 atom stereocenters. The quantitative estimate of drug-likeness (QED) is 0.125. The van der Waals surface area contributed by atoms with Crippen LogP contribution in [-0.2, 0) is 52.5 Å². The van der Waals surface area contributed by atoms with Gasteiger partial charge in [-0.15, -0.1) is 0 Å². The van der Waals surface area contributed by atoms with Crippen LogP contribution in [0.5, 0.6) is 0 Å². The van der Waals surface area contributed by atoms with Gasteiger partial charge in [0.15, 0.2) is 18.4 Å². The maximum atomic E-state index is 14.2. The molecule has 2 amide bonds. The molecule has 13 nitrogen and oxygen atoms in total. The van der Waals surface area contributed by atoms with Crippen molar-refractivity contribution in [1.29, 1.82) is 0 Å². The molecule has 0 aromatic heterocycles. The number of carbonyl (C=O) groups is 6. The van der Waals surface area contributed by atoms with E-state index < -0.39 is 100 Å². The van der Waals surface area contributed by atoms with Crippen LogP contribution in [0.1, 0.15) is 115 Å². The molecule has 1 aliphatic rings. The number of nitrogens with one attached hydrogen (secondary N) is 1. The molecule has 0 bridgehead atoms. The van der Waals surface area contributed by atoms with Gasteiger partial charge in [0.2, 0.25) is 18.6 Å². The third-order valence-electron chi connectivity index (χ3n) is 7.84. The minimum absolute atomic E-state index is 0.376. The molecular formula is C39H59IN2O11. The van der Waals surface area contributed by atoms with Crippen molar-refractivity contribution in [2.75, 3.05) is 6.61 Å². The summed E-state index contributed by atoms with van der Waals surface area (Å²) in [6.45, 7) is 24.4. The van der Waals surface area contributed by atoms with Crippen molar-refractivity contribution in [1.82, 2.24) is 10.2 Å². The average molecular weight is 859 g/mol. The first-order chi connectivity index (χ1) is 23.9. The topological polar surface area (TPSA) is 164 Å². The van der Waals surface area contributed by atoms with Crippen LogP contribution in [-0.4, -0.2) is 78.0 Å². The van der Waals surface area contributed by atoms with E-state index in [9.17, 15) is 28.8 Å². The van der Waals surface area contributed by atoms with E-state index in [-0.39, 0.29) is 0 Å². The lowest BCUT2D eigenvalue weighted by Gasteiger charge is -2.49. The van der Waals surface area contributed by atoms with E-state index in [1.165, 1.54) is 0 Å². The Bertz CT molecular complexity index is 1510. The van der Waals surface area contributed by atoms with Crippen LogP contribution >= 0.6 is 22.6 Å². The summed E-state index contributed by atoms with van der Waals surface area (Å²) in [7, 11) is 0. The Kier molecular flexibility index (Phi) is 14.7. The Labute approximate surface area is 328 Å². The first-order valence-corrected chi connectivity index (χ1v) is 18.7. The van der Waals surface area contributed by atoms with E-state index in [2.05, 4.69) is 27.9 Å². The molecule has 2 rings (SSSR count). The van der Waals surface area contributed by atoms with Gasteiger partial charge in [-0.3, -0.25) is 33.7 Å². The summed E-state index contributed by atoms with van der Waals surface area (Å²) in [5, 5.41) is 2.92. The van der Waals surface area contributed by atoms with E-state index in [1.54, 1.807) is 122 Å². The highest BCUT2D eigenvalue weighted by Gasteiger charge is 2.57. The normalized spacial score (nSPS) is 21.8. The number of amides is 2. The summed E-state index contributed by atoms with van der Waals surface area (Å²) in [6, 6.07) is 5.53. The minimum atomic E-state index is -1.68. The monoisotopic (exact) mass is 858 g/mol. The molecule has 1 heterocycles. The molecule has 1 aliphatic heterocycles. The minimum Gasteiger partial charge on any atom is -0.465 e. The lowest BCUT2D eigenvalue weighted by molar-refractivity contribution is -0.312. The fraction of sp³-hybridized carbons (Fsp3) is 0.692. The Morgan fingerprint density at radius 3 is 1.66 bits per heavy atom. The highest BCUT2D eigenvalue weighted by molar-refractivity contribution is 14.1. The molecule has 298 valence electrons. The third-order valence-corrected chi connectivity index (χ3v) is 8.51. The first kappa shape index (κ1) is 45.9. The third kappa shape index (κ3) is 12.9. The number of rotatable bonds is 10. The van der Waals surface area contributed by atoms with Crippen molar-refractivity contribution in [3.8, 4) is 0 Å². The van der Waals surface area contributed by atoms with Gasteiger partial charge in [-0.2, -0.15) is 0 Å². The molecule has 1 saturated heterocycles. The number of halogens is 1. The molecule has 0 unspecified atom stereocenters.